The van der Waals surface area contributed by atoms with Crippen LogP contribution in [-0.4, -0.2) is 20.5 Å². The summed E-state index contributed by atoms with van der Waals surface area (Å²) in [5.41, 5.74) is 3.01. The molecule has 6 nitrogen and oxygen atoms in total. The van der Waals surface area contributed by atoms with Gasteiger partial charge in [-0.05, 0) is 41.3 Å². The number of para-hydroxylation sites is 1. The third-order valence-corrected chi connectivity index (χ3v) is 6.17. The fourth-order valence-electron chi connectivity index (χ4n) is 2.19. The number of halogens is 1. The average molecular weight is 403 g/mol. The average Bonchev–Trinajstić information content (AvgIpc) is 3.17. The summed E-state index contributed by atoms with van der Waals surface area (Å²) in [6, 6.07) is 15.0. The molecule has 0 aliphatic heterocycles. The van der Waals surface area contributed by atoms with Gasteiger partial charge in [-0.1, -0.05) is 30.3 Å². The number of sulfonamides is 1. The van der Waals surface area contributed by atoms with Crippen molar-refractivity contribution in [2.75, 3.05) is 4.72 Å². The smallest absolute Gasteiger partial charge is 0.273 e. The lowest BCUT2D eigenvalue weighted by Gasteiger charge is -2.10. The van der Waals surface area contributed by atoms with Crippen LogP contribution in [0.4, 0.5) is 10.1 Å². The van der Waals surface area contributed by atoms with E-state index in [1.54, 1.807) is 29.6 Å². The van der Waals surface area contributed by atoms with Crippen LogP contribution in [0.25, 0.3) is 0 Å². The lowest BCUT2D eigenvalue weighted by atomic mass is 10.2. The number of hydrogen-bond acceptors (Lipinski definition) is 5. The monoisotopic (exact) mass is 403 g/mol. The van der Waals surface area contributed by atoms with Gasteiger partial charge in [0.1, 0.15) is 10.0 Å². The zero-order chi connectivity index (χ0) is 19.3. The first kappa shape index (κ1) is 18.7. The van der Waals surface area contributed by atoms with Crippen molar-refractivity contribution in [1.82, 2.24) is 5.43 Å². The van der Waals surface area contributed by atoms with Crippen molar-refractivity contribution < 1.29 is 17.6 Å². The van der Waals surface area contributed by atoms with Gasteiger partial charge < -0.3 is 0 Å². The van der Waals surface area contributed by atoms with Crippen LogP contribution in [-0.2, 0) is 10.0 Å². The van der Waals surface area contributed by atoms with E-state index >= 15 is 0 Å². The van der Waals surface area contributed by atoms with Crippen molar-refractivity contribution >= 4 is 39.2 Å². The van der Waals surface area contributed by atoms with E-state index in [1.165, 1.54) is 42.6 Å². The van der Waals surface area contributed by atoms with Crippen molar-refractivity contribution in [1.29, 1.82) is 0 Å². The first-order chi connectivity index (χ1) is 13.0. The molecular formula is C18H14FN3O3S2. The highest BCUT2D eigenvalue weighted by molar-refractivity contribution is 7.94. The molecule has 0 unspecified atom stereocenters. The summed E-state index contributed by atoms with van der Waals surface area (Å²) in [6.45, 7) is 0. The normalized spacial score (nSPS) is 11.4. The van der Waals surface area contributed by atoms with Crippen LogP contribution in [0.15, 0.2) is 75.4 Å². The van der Waals surface area contributed by atoms with E-state index in [0.29, 0.717) is 5.56 Å². The van der Waals surface area contributed by atoms with Crippen LogP contribution in [0.5, 0.6) is 0 Å². The number of amides is 1. The molecule has 0 atom stereocenters. The quantitative estimate of drug-likeness (QED) is 0.488. The number of carbonyl (C=O) groups excluding carboxylic acids is 1. The van der Waals surface area contributed by atoms with E-state index in [-0.39, 0.29) is 15.5 Å². The van der Waals surface area contributed by atoms with Crippen LogP contribution >= 0.6 is 11.3 Å². The fraction of sp³-hybridized carbons (Fsp3) is 0. The zero-order valence-electron chi connectivity index (χ0n) is 13.8. The second-order valence-electron chi connectivity index (χ2n) is 5.34. The lowest BCUT2D eigenvalue weighted by Crippen LogP contribution is -2.21. The minimum atomic E-state index is -3.79. The Labute approximate surface area is 159 Å². The number of rotatable bonds is 6. The van der Waals surface area contributed by atoms with E-state index < -0.39 is 21.7 Å². The summed E-state index contributed by atoms with van der Waals surface area (Å²) in [6.07, 6.45) is 1.29. The molecule has 1 amide bonds. The summed E-state index contributed by atoms with van der Waals surface area (Å²) in [4.78, 5) is 12.4. The molecule has 0 saturated heterocycles. The highest BCUT2D eigenvalue weighted by Gasteiger charge is 2.19. The van der Waals surface area contributed by atoms with Crippen LogP contribution in [0.2, 0.25) is 0 Å². The molecule has 0 radical (unpaired) electrons. The van der Waals surface area contributed by atoms with Crippen LogP contribution < -0.4 is 10.1 Å². The van der Waals surface area contributed by atoms with E-state index in [9.17, 15) is 17.6 Å². The van der Waals surface area contributed by atoms with Gasteiger partial charge in [0.2, 0.25) is 0 Å². The Hall–Kier alpha value is -3.04. The molecule has 0 fully saturated rings. The largest absolute Gasteiger partial charge is 0.278 e. The second-order valence-corrected chi connectivity index (χ2v) is 8.19. The maximum absolute atomic E-state index is 13.1. The van der Waals surface area contributed by atoms with E-state index in [0.717, 1.165) is 11.3 Å². The number of carbonyl (C=O) groups is 1. The highest BCUT2D eigenvalue weighted by atomic mass is 32.2. The van der Waals surface area contributed by atoms with Gasteiger partial charge in [-0.25, -0.2) is 18.2 Å². The molecule has 3 aromatic rings. The third kappa shape index (κ3) is 4.78. The Morgan fingerprint density at radius 1 is 1.07 bits per heavy atom. The second kappa shape index (κ2) is 8.11. The molecule has 0 spiro atoms. The molecule has 9 heteroatoms. The maximum Gasteiger partial charge on any atom is 0.273 e. The van der Waals surface area contributed by atoms with Crippen molar-refractivity contribution in [3.05, 3.63) is 83.0 Å². The molecule has 2 aromatic carbocycles. The summed E-state index contributed by atoms with van der Waals surface area (Å²) < 4.78 is 40.4. The minimum absolute atomic E-state index is 0.106. The van der Waals surface area contributed by atoms with Crippen molar-refractivity contribution in [2.45, 2.75) is 4.21 Å². The molecule has 1 aromatic heterocycles. The van der Waals surface area contributed by atoms with Crippen LogP contribution in [0, 0.1) is 5.82 Å². The van der Waals surface area contributed by atoms with Crippen LogP contribution in [0.1, 0.15) is 15.9 Å². The molecular weight excluding hydrogens is 389 g/mol. The van der Waals surface area contributed by atoms with Gasteiger partial charge in [-0.3, -0.25) is 9.52 Å². The van der Waals surface area contributed by atoms with E-state index in [2.05, 4.69) is 15.2 Å². The predicted octanol–water partition coefficient (Wildman–Crippen LogP) is 3.45. The fourth-order valence-corrected chi connectivity index (χ4v) is 4.27. The summed E-state index contributed by atoms with van der Waals surface area (Å²) >= 11 is 1.07. The summed E-state index contributed by atoms with van der Waals surface area (Å²) in [5, 5.41) is 5.43. The van der Waals surface area contributed by atoms with E-state index in [4.69, 9.17) is 0 Å². The molecule has 0 saturated carbocycles. The maximum atomic E-state index is 13.1. The van der Waals surface area contributed by atoms with Crippen molar-refractivity contribution in [3.63, 3.8) is 0 Å². The molecule has 138 valence electrons. The van der Waals surface area contributed by atoms with Gasteiger partial charge in [-0.15, -0.1) is 11.3 Å². The van der Waals surface area contributed by atoms with Gasteiger partial charge in [0, 0.05) is 0 Å². The number of benzene rings is 2. The Balaban J connectivity index is 1.76. The lowest BCUT2D eigenvalue weighted by molar-refractivity contribution is 0.0956. The Morgan fingerprint density at radius 3 is 2.63 bits per heavy atom. The third-order valence-electron chi connectivity index (χ3n) is 3.40. The van der Waals surface area contributed by atoms with Gasteiger partial charge >= 0.3 is 0 Å². The molecule has 2 N–H and O–H groups in total. The molecule has 27 heavy (non-hydrogen) atoms. The van der Waals surface area contributed by atoms with Gasteiger partial charge in [-0.2, -0.15) is 5.10 Å². The van der Waals surface area contributed by atoms with Gasteiger partial charge in [0.15, 0.2) is 0 Å². The topological polar surface area (TPSA) is 87.6 Å². The van der Waals surface area contributed by atoms with Crippen molar-refractivity contribution in [2.24, 2.45) is 5.10 Å². The Kier molecular flexibility index (Phi) is 5.63. The van der Waals surface area contributed by atoms with Gasteiger partial charge in [0.05, 0.1) is 17.5 Å². The molecule has 3 rings (SSSR count). The molecule has 0 aliphatic rings. The number of thiophene rings is 1. The van der Waals surface area contributed by atoms with E-state index in [1.807, 2.05) is 0 Å². The number of hydrogen-bond donors (Lipinski definition) is 2. The number of nitrogens with zero attached hydrogens (tertiary/aromatic N) is 1. The standard InChI is InChI=1S/C18H14FN3O3S2/c19-14-6-3-5-13(11-14)12-20-21-18(23)15-7-1-2-8-16(15)22-27(24,25)17-9-4-10-26-17/h1-12,22H,(H,21,23)/b20-12-. The molecule has 0 bridgehead atoms. The van der Waals surface area contributed by atoms with Crippen LogP contribution in [0.3, 0.4) is 0 Å². The zero-order valence-corrected chi connectivity index (χ0v) is 15.4. The molecule has 0 aliphatic carbocycles. The highest BCUT2D eigenvalue weighted by Crippen LogP contribution is 2.22. The Morgan fingerprint density at radius 2 is 1.89 bits per heavy atom. The number of anilines is 1. The molecule has 1 heterocycles. The van der Waals surface area contributed by atoms with Gasteiger partial charge in [0.25, 0.3) is 15.9 Å². The summed E-state index contributed by atoms with van der Waals surface area (Å²) in [5.74, 6) is -1.02. The minimum Gasteiger partial charge on any atom is -0.278 e. The number of nitrogens with one attached hydrogen (secondary N) is 2. The van der Waals surface area contributed by atoms with Crippen molar-refractivity contribution in [3.8, 4) is 0 Å². The first-order valence-corrected chi connectivity index (χ1v) is 10.1. The first-order valence-electron chi connectivity index (χ1n) is 7.70. The number of hydrazone groups is 1. The Bertz CT molecular complexity index is 1080. The SMILES string of the molecule is O=C(N/N=C\c1cccc(F)c1)c1ccccc1NS(=O)(=O)c1cccs1. The predicted molar refractivity (Wildman–Crippen MR) is 103 cm³/mol. The summed E-state index contributed by atoms with van der Waals surface area (Å²) in [7, 11) is -3.79.